The van der Waals surface area contributed by atoms with E-state index in [1.54, 1.807) is 6.92 Å². The largest absolute Gasteiger partial charge is 0.416 e. The molecule has 0 saturated heterocycles. The number of carbonyl (C=O) groups excluding carboxylic acids is 1. The minimum absolute atomic E-state index is 0.169. The van der Waals surface area contributed by atoms with E-state index in [1.165, 1.54) is 13.0 Å². The zero-order valence-corrected chi connectivity index (χ0v) is 11.3. The molecule has 2 nitrogen and oxygen atoms in total. The highest BCUT2D eigenvalue weighted by Gasteiger charge is 2.34. The number of aryl methyl sites for hydroxylation is 1. The normalized spacial score (nSPS) is 15.1. The Hall–Kier alpha value is -1.36. The number of benzene rings is 1. The Morgan fingerprint density at radius 2 is 1.89 bits per heavy atom. The molecule has 106 valence electrons. The summed E-state index contributed by atoms with van der Waals surface area (Å²) >= 11 is 0. The summed E-state index contributed by atoms with van der Waals surface area (Å²) < 4.78 is 37.7. The standard InChI is InChI=1S/C14H18F3NO/c1-4-13(3,8-18)12(19)11-6-5-10(7-9(11)2)14(15,16)17/h5-7H,4,8,18H2,1-3H3. The maximum absolute atomic E-state index is 12.6. The third kappa shape index (κ3) is 3.15. The van der Waals surface area contributed by atoms with Crippen molar-refractivity contribution in [3.63, 3.8) is 0 Å². The van der Waals surface area contributed by atoms with Crippen LogP contribution in [0.2, 0.25) is 0 Å². The molecular formula is C14H18F3NO. The van der Waals surface area contributed by atoms with Crippen LogP contribution >= 0.6 is 0 Å². The van der Waals surface area contributed by atoms with Gasteiger partial charge in [-0.2, -0.15) is 13.2 Å². The van der Waals surface area contributed by atoms with E-state index in [-0.39, 0.29) is 12.3 Å². The first-order chi connectivity index (χ1) is 8.65. The van der Waals surface area contributed by atoms with E-state index in [9.17, 15) is 18.0 Å². The Morgan fingerprint density at radius 3 is 2.26 bits per heavy atom. The lowest BCUT2D eigenvalue weighted by atomic mass is 9.79. The van der Waals surface area contributed by atoms with Gasteiger partial charge in [0, 0.05) is 17.5 Å². The van der Waals surface area contributed by atoms with Gasteiger partial charge < -0.3 is 5.73 Å². The van der Waals surface area contributed by atoms with Crippen molar-refractivity contribution in [3.8, 4) is 0 Å². The highest BCUT2D eigenvalue weighted by Crippen LogP contribution is 2.32. The summed E-state index contributed by atoms with van der Waals surface area (Å²) in [7, 11) is 0. The molecule has 0 heterocycles. The number of halogens is 3. The van der Waals surface area contributed by atoms with Gasteiger partial charge in [-0.15, -0.1) is 0 Å². The summed E-state index contributed by atoms with van der Waals surface area (Å²) in [5, 5.41) is 0. The van der Waals surface area contributed by atoms with Crippen molar-refractivity contribution in [2.24, 2.45) is 11.1 Å². The molecule has 5 heteroatoms. The third-order valence-corrected chi connectivity index (χ3v) is 3.58. The predicted octanol–water partition coefficient (Wildman–Crippen LogP) is 3.57. The van der Waals surface area contributed by atoms with Gasteiger partial charge in [-0.25, -0.2) is 0 Å². The van der Waals surface area contributed by atoms with Gasteiger partial charge in [-0.3, -0.25) is 4.79 Å². The molecule has 2 N–H and O–H groups in total. The molecule has 0 aliphatic rings. The van der Waals surface area contributed by atoms with Crippen molar-refractivity contribution in [1.29, 1.82) is 0 Å². The van der Waals surface area contributed by atoms with Gasteiger partial charge in [0.05, 0.1) is 5.56 Å². The van der Waals surface area contributed by atoms with E-state index >= 15 is 0 Å². The smallest absolute Gasteiger partial charge is 0.329 e. The summed E-state index contributed by atoms with van der Waals surface area (Å²) in [5.74, 6) is -0.205. The van der Waals surface area contributed by atoms with E-state index in [0.29, 0.717) is 17.5 Å². The van der Waals surface area contributed by atoms with Crippen LogP contribution in [0.15, 0.2) is 18.2 Å². The van der Waals surface area contributed by atoms with E-state index in [0.717, 1.165) is 12.1 Å². The van der Waals surface area contributed by atoms with Crippen LogP contribution in [-0.4, -0.2) is 12.3 Å². The van der Waals surface area contributed by atoms with Crippen molar-refractivity contribution in [2.75, 3.05) is 6.54 Å². The first-order valence-electron chi connectivity index (χ1n) is 6.08. The number of nitrogens with two attached hydrogens (primary N) is 1. The molecule has 0 bridgehead atoms. The Bertz CT molecular complexity index is 476. The fourth-order valence-electron chi connectivity index (χ4n) is 1.82. The van der Waals surface area contributed by atoms with Crippen molar-refractivity contribution in [3.05, 3.63) is 34.9 Å². The molecule has 0 amide bonds. The average Bonchev–Trinajstić information content (AvgIpc) is 2.35. The Morgan fingerprint density at radius 1 is 1.32 bits per heavy atom. The fourth-order valence-corrected chi connectivity index (χ4v) is 1.82. The van der Waals surface area contributed by atoms with Crippen LogP contribution in [0.4, 0.5) is 13.2 Å². The van der Waals surface area contributed by atoms with E-state index in [1.807, 2.05) is 6.92 Å². The second-order valence-electron chi connectivity index (χ2n) is 4.97. The quantitative estimate of drug-likeness (QED) is 0.852. The molecule has 0 aromatic heterocycles. The minimum Gasteiger partial charge on any atom is -0.329 e. The molecule has 1 rings (SSSR count). The van der Waals surface area contributed by atoms with Gasteiger partial charge in [-0.05, 0) is 31.0 Å². The molecule has 0 fully saturated rings. The maximum Gasteiger partial charge on any atom is 0.416 e. The van der Waals surface area contributed by atoms with Crippen molar-refractivity contribution >= 4 is 5.78 Å². The number of Topliss-reactive ketones (excluding diaryl/α,β-unsaturated/α-hetero) is 1. The topological polar surface area (TPSA) is 43.1 Å². The van der Waals surface area contributed by atoms with Crippen LogP contribution in [0.5, 0.6) is 0 Å². The van der Waals surface area contributed by atoms with Crippen molar-refractivity contribution < 1.29 is 18.0 Å². The third-order valence-electron chi connectivity index (χ3n) is 3.58. The minimum atomic E-state index is -4.39. The van der Waals surface area contributed by atoms with E-state index < -0.39 is 17.2 Å². The second-order valence-corrected chi connectivity index (χ2v) is 4.97. The van der Waals surface area contributed by atoms with Gasteiger partial charge >= 0.3 is 6.18 Å². The molecule has 0 aliphatic heterocycles. The van der Waals surface area contributed by atoms with Gasteiger partial charge in [0.2, 0.25) is 0 Å². The first kappa shape index (κ1) is 15.7. The Balaban J connectivity index is 3.21. The molecule has 0 aliphatic carbocycles. The summed E-state index contributed by atoms with van der Waals surface area (Å²) in [6.07, 6.45) is -3.85. The van der Waals surface area contributed by atoms with Gasteiger partial charge in [0.25, 0.3) is 0 Å². The first-order valence-corrected chi connectivity index (χ1v) is 6.08. The van der Waals surface area contributed by atoms with Crippen molar-refractivity contribution in [1.82, 2.24) is 0 Å². The Kier molecular flexibility index (Phi) is 4.40. The molecule has 1 aromatic rings. The predicted molar refractivity (Wildman–Crippen MR) is 68.0 cm³/mol. The zero-order valence-electron chi connectivity index (χ0n) is 11.3. The average molecular weight is 273 g/mol. The van der Waals surface area contributed by atoms with Crippen LogP contribution in [0.1, 0.15) is 41.8 Å². The maximum atomic E-state index is 12.6. The second kappa shape index (κ2) is 5.33. The fraction of sp³-hybridized carbons (Fsp3) is 0.500. The van der Waals surface area contributed by atoms with Crippen LogP contribution < -0.4 is 5.73 Å². The van der Waals surface area contributed by atoms with Crippen LogP contribution in [0.3, 0.4) is 0 Å². The number of ketones is 1. The molecule has 0 radical (unpaired) electrons. The monoisotopic (exact) mass is 273 g/mol. The molecular weight excluding hydrogens is 255 g/mol. The lowest BCUT2D eigenvalue weighted by Crippen LogP contribution is -2.35. The van der Waals surface area contributed by atoms with Gasteiger partial charge in [0.1, 0.15) is 0 Å². The summed E-state index contributed by atoms with van der Waals surface area (Å²) in [4.78, 5) is 12.3. The lowest BCUT2D eigenvalue weighted by Gasteiger charge is -2.25. The number of hydrogen-bond donors (Lipinski definition) is 1. The zero-order chi connectivity index (χ0) is 14.8. The number of alkyl halides is 3. The number of carbonyl (C=O) groups is 1. The highest BCUT2D eigenvalue weighted by atomic mass is 19.4. The summed E-state index contributed by atoms with van der Waals surface area (Å²) in [6, 6.07) is 3.18. The summed E-state index contributed by atoms with van der Waals surface area (Å²) in [5.41, 5.74) is 4.76. The molecule has 1 aromatic carbocycles. The summed E-state index contributed by atoms with van der Waals surface area (Å²) in [6.45, 7) is 5.24. The van der Waals surface area contributed by atoms with E-state index in [2.05, 4.69) is 0 Å². The van der Waals surface area contributed by atoms with Gasteiger partial charge in [-0.1, -0.05) is 19.9 Å². The molecule has 0 saturated carbocycles. The lowest BCUT2D eigenvalue weighted by molar-refractivity contribution is -0.137. The highest BCUT2D eigenvalue weighted by molar-refractivity contribution is 6.01. The molecule has 1 atom stereocenters. The van der Waals surface area contributed by atoms with Crippen LogP contribution in [0, 0.1) is 12.3 Å². The van der Waals surface area contributed by atoms with Crippen LogP contribution in [0.25, 0.3) is 0 Å². The number of rotatable bonds is 4. The Labute approximate surface area is 110 Å². The number of hydrogen-bond acceptors (Lipinski definition) is 2. The van der Waals surface area contributed by atoms with E-state index in [4.69, 9.17) is 5.73 Å². The van der Waals surface area contributed by atoms with Crippen LogP contribution in [-0.2, 0) is 6.18 Å². The molecule has 1 unspecified atom stereocenters. The van der Waals surface area contributed by atoms with Crippen molar-refractivity contribution in [2.45, 2.75) is 33.4 Å². The SMILES string of the molecule is CCC(C)(CN)C(=O)c1ccc(C(F)(F)F)cc1C. The molecule has 19 heavy (non-hydrogen) atoms. The van der Waals surface area contributed by atoms with Gasteiger partial charge in [0.15, 0.2) is 5.78 Å². The molecule has 0 spiro atoms.